The summed E-state index contributed by atoms with van der Waals surface area (Å²) in [4.78, 5) is 0. The molecule has 2 rings (SSSR count). The maximum atomic E-state index is 6.37. The van der Waals surface area contributed by atoms with Crippen LogP contribution in [0.1, 0.15) is 77.6 Å². The number of hydrogen-bond acceptors (Lipinski definition) is 2. The van der Waals surface area contributed by atoms with E-state index in [2.05, 4.69) is 22.9 Å². The molecule has 3 unspecified atom stereocenters. The lowest BCUT2D eigenvalue weighted by molar-refractivity contribution is -0.198. The second-order valence-electron chi connectivity index (χ2n) is 6.11. The molecule has 0 spiro atoms. The van der Waals surface area contributed by atoms with Gasteiger partial charge in [0.25, 0.3) is 0 Å². The summed E-state index contributed by atoms with van der Waals surface area (Å²) >= 11 is 3.50. The van der Waals surface area contributed by atoms with E-state index in [1.165, 1.54) is 57.8 Å². The van der Waals surface area contributed by atoms with Gasteiger partial charge in [-0.05, 0) is 32.1 Å². The highest BCUT2D eigenvalue weighted by Crippen LogP contribution is 2.44. The number of rotatable bonds is 9. The van der Waals surface area contributed by atoms with Crippen molar-refractivity contribution in [1.82, 2.24) is 0 Å². The van der Waals surface area contributed by atoms with Crippen LogP contribution < -0.4 is 0 Å². The van der Waals surface area contributed by atoms with Gasteiger partial charge in [0.2, 0.25) is 0 Å². The van der Waals surface area contributed by atoms with Gasteiger partial charge in [-0.25, -0.2) is 0 Å². The molecule has 3 atom stereocenters. The Morgan fingerprint density at radius 3 is 2.79 bits per heavy atom. The highest BCUT2D eigenvalue weighted by molar-refractivity contribution is 9.09. The fourth-order valence-corrected chi connectivity index (χ4v) is 3.81. The quantitative estimate of drug-likeness (QED) is 0.427. The van der Waals surface area contributed by atoms with Crippen LogP contribution in [0.5, 0.6) is 0 Å². The lowest BCUT2D eigenvalue weighted by Gasteiger charge is -2.31. The zero-order valence-electron chi connectivity index (χ0n) is 12.3. The Morgan fingerprint density at radius 1 is 1.11 bits per heavy atom. The minimum absolute atomic E-state index is 0.202. The fraction of sp³-hybridized carbons (Fsp3) is 1.00. The average molecular weight is 333 g/mol. The second kappa shape index (κ2) is 7.99. The molecule has 2 aliphatic heterocycles. The van der Waals surface area contributed by atoms with Crippen molar-refractivity contribution in [3.05, 3.63) is 0 Å². The second-order valence-corrected chi connectivity index (χ2v) is 6.90. The molecule has 2 bridgehead atoms. The monoisotopic (exact) mass is 332 g/mol. The largest absolute Gasteiger partial charge is 0.344 e. The molecule has 0 N–H and O–H groups in total. The molecular formula is C16H29BrO2. The third kappa shape index (κ3) is 4.44. The number of hydrogen-bond donors (Lipinski definition) is 0. The smallest absolute Gasteiger partial charge is 0.169 e. The SMILES string of the molecule is CCCCCC1OC2(CCCCCBr)CCCC1O2. The Balaban J connectivity index is 1.77. The van der Waals surface area contributed by atoms with E-state index in [0.717, 1.165) is 18.2 Å². The fourth-order valence-electron chi connectivity index (χ4n) is 3.42. The summed E-state index contributed by atoms with van der Waals surface area (Å²) in [6, 6.07) is 0. The van der Waals surface area contributed by atoms with Gasteiger partial charge in [-0.2, -0.15) is 0 Å². The van der Waals surface area contributed by atoms with E-state index in [9.17, 15) is 0 Å². The Labute approximate surface area is 126 Å². The predicted molar refractivity (Wildman–Crippen MR) is 82.7 cm³/mol. The van der Waals surface area contributed by atoms with E-state index in [0.29, 0.717) is 12.2 Å². The van der Waals surface area contributed by atoms with Crippen molar-refractivity contribution >= 4 is 15.9 Å². The van der Waals surface area contributed by atoms with E-state index in [1.54, 1.807) is 0 Å². The molecule has 2 fully saturated rings. The molecule has 0 aliphatic carbocycles. The molecule has 2 aliphatic rings. The summed E-state index contributed by atoms with van der Waals surface area (Å²) in [5.74, 6) is -0.202. The Morgan fingerprint density at radius 2 is 2.00 bits per heavy atom. The molecular weight excluding hydrogens is 304 g/mol. The summed E-state index contributed by atoms with van der Waals surface area (Å²) < 4.78 is 12.6. The van der Waals surface area contributed by atoms with Crippen LogP contribution in [-0.4, -0.2) is 23.3 Å². The van der Waals surface area contributed by atoms with Gasteiger partial charge in [0, 0.05) is 18.2 Å². The highest BCUT2D eigenvalue weighted by Gasteiger charge is 2.49. The van der Waals surface area contributed by atoms with Crippen molar-refractivity contribution < 1.29 is 9.47 Å². The first-order valence-corrected chi connectivity index (χ1v) is 9.33. The van der Waals surface area contributed by atoms with Crippen molar-refractivity contribution in [1.29, 1.82) is 0 Å². The molecule has 0 aromatic heterocycles. The van der Waals surface area contributed by atoms with Crippen LogP contribution in [0.15, 0.2) is 0 Å². The van der Waals surface area contributed by atoms with Gasteiger partial charge in [0.1, 0.15) is 0 Å². The van der Waals surface area contributed by atoms with Crippen molar-refractivity contribution in [3.8, 4) is 0 Å². The Kier molecular flexibility index (Phi) is 6.64. The minimum Gasteiger partial charge on any atom is -0.344 e. The Hall–Kier alpha value is 0.400. The molecule has 2 heterocycles. The van der Waals surface area contributed by atoms with Crippen LogP contribution >= 0.6 is 15.9 Å². The summed E-state index contributed by atoms with van der Waals surface area (Å²) in [5.41, 5.74) is 0. The zero-order valence-corrected chi connectivity index (χ0v) is 13.9. The first-order valence-electron chi connectivity index (χ1n) is 8.21. The van der Waals surface area contributed by atoms with Crippen molar-refractivity contribution in [3.63, 3.8) is 0 Å². The van der Waals surface area contributed by atoms with Gasteiger partial charge >= 0.3 is 0 Å². The van der Waals surface area contributed by atoms with Gasteiger partial charge in [-0.3, -0.25) is 0 Å². The predicted octanol–water partition coefficient (Wildman–Crippen LogP) is 5.19. The van der Waals surface area contributed by atoms with Gasteiger partial charge < -0.3 is 9.47 Å². The molecule has 2 nitrogen and oxygen atoms in total. The number of halogens is 1. The molecule has 2 saturated heterocycles. The average Bonchev–Trinajstić information content (AvgIpc) is 2.67. The number of fused-ring (bicyclic) bond motifs is 2. The van der Waals surface area contributed by atoms with Gasteiger partial charge in [0.15, 0.2) is 5.79 Å². The van der Waals surface area contributed by atoms with Crippen LogP contribution in [0.25, 0.3) is 0 Å². The van der Waals surface area contributed by atoms with E-state index in [-0.39, 0.29) is 5.79 Å². The van der Waals surface area contributed by atoms with Crippen LogP contribution in [0.3, 0.4) is 0 Å². The summed E-state index contributed by atoms with van der Waals surface area (Å²) in [5, 5.41) is 1.12. The highest BCUT2D eigenvalue weighted by atomic mass is 79.9. The summed E-state index contributed by atoms with van der Waals surface area (Å²) in [6.07, 6.45) is 14.4. The lowest BCUT2D eigenvalue weighted by Crippen LogP contribution is -2.34. The molecule has 0 radical (unpaired) electrons. The zero-order chi connectivity index (χ0) is 13.6. The molecule has 0 aromatic carbocycles. The van der Waals surface area contributed by atoms with E-state index < -0.39 is 0 Å². The molecule has 112 valence electrons. The summed E-state index contributed by atoms with van der Waals surface area (Å²) in [6.45, 7) is 2.26. The normalized spacial score (nSPS) is 33.8. The first kappa shape index (κ1) is 15.8. The maximum Gasteiger partial charge on any atom is 0.169 e. The number of unbranched alkanes of at least 4 members (excludes halogenated alkanes) is 4. The molecule has 19 heavy (non-hydrogen) atoms. The van der Waals surface area contributed by atoms with Crippen molar-refractivity contribution in [2.45, 2.75) is 95.5 Å². The molecule has 0 aromatic rings. The Bertz CT molecular complexity index is 259. The van der Waals surface area contributed by atoms with Crippen LogP contribution in [-0.2, 0) is 9.47 Å². The van der Waals surface area contributed by atoms with Crippen LogP contribution in [0.2, 0.25) is 0 Å². The van der Waals surface area contributed by atoms with Crippen molar-refractivity contribution in [2.75, 3.05) is 5.33 Å². The summed E-state index contributed by atoms with van der Waals surface area (Å²) in [7, 11) is 0. The van der Waals surface area contributed by atoms with Gasteiger partial charge in [-0.1, -0.05) is 48.5 Å². The van der Waals surface area contributed by atoms with Gasteiger partial charge in [0.05, 0.1) is 12.2 Å². The maximum absolute atomic E-state index is 6.37. The van der Waals surface area contributed by atoms with Crippen LogP contribution in [0, 0.1) is 0 Å². The van der Waals surface area contributed by atoms with E-state index >= 15 is 0 Å². The van der Waals surface area contributed by atoms with Crippen LogP contribution in [0.4, 0.5) is 0 Å². The van der Waals surface area contributed by atoms with Crippen molar-refractivity contribution in [2.24, 2.45) is 0 Å². The van der Waals surface area contributed by atoms with E-state index in [1.807, 2.05) is 0 Å². The number of ether oxygens (including phenoxy) is 2. The lowest BCUT2D eigenvalue weighted by atomic mass is 9.96. The third-order valence-corrected chi connectivity index (χ3v) is 5.04. The molecule has 0 amide bonds. The number of alkyl halides is 1. The molecule has 3 heteroatoms. The minimum atomic E-state index is -0.202. The first-order chi connectivity index (χ1) is 9.29. The van der Waals surface area contributed by atoms with E-state index in [4.69, 9.17) is 9.47 Å². The standard InChI is InChI=1S/C16H29BrO2/c1-2-3-5-9-14-15-10-8-12-16(18-14,19-15)11-6-4-7-13-17/h14-15H,2-13H2,1H3. The third-order valence-electron chi connectivity index (χ3n) is 4.48. The van der Waals surface area contributed by atoms with Gasteiger partial charge in [-0.15, -0.1) is 0 Å². The topological polar surface area (TPSA) is 18.5 Å². The molecule has 0 saturated carbocycles.